The quantitative estimate of drug-likeness (QED) is 0.365. The van der Waals surface area contributed by atoms with E-state index in [1.807, 2.05) is 0 Å². The maximum absolute atomic E-state index is 14.6. The number of fused-ring (bicyclic) bond motifs is 2. The van der Waals surface area contributed by atoms with Crippen LogP contribution in [0.25, 0.3) is 0 Å². The third-order valence-electron chi connectivity index (χ3n) is 9.74. The second-order valence-electron chi connectivity index (χ2n) is 12.2. The zero-order chi connectivity index (χ0) is 28.4. The topological polar surface area (TPSA) is 96.9 Å². The standard InChI is InChI=1S/C30H45F2N5O3/c1-19(33-2)27(38)35-26(20-9-4-3-5-10-20)29(40)37-17-21-11-8-16-36(21)18-25(37)28(39)34-24-14-15-30(31,32)23-13-7-6-12-22(23)24/h6-7,12-13,19-21,24-26,28,33-34,39H,3-5,8-11,14-18H2,1-2H3,(H,35,38)/t19-,21+,24+,25-,26-,28-/m0/s1. The normalized spacial score (nSPS) is 29.2. The molecular formula is C30H45F2N5O3. The van der Waals surface area contributed by atoms with Gasteiger partial charge in [0.25, 0.3) is 5.92 Å². The number of carbonyl (C=O) groups is 2. The minimum Gasteiger partial charge on any atom is -0.376 e. The summed E-state index contributed by atoms with van der Waals surface area (Å²) in [6, 6.07) is 4.67. The Kier molecular flexibility index (Phi) is 9.09. The molecule has 4 aliphatic rings. The Morgan fingerprint density at radius 1 is 1.05 bits per heavy atom. The van der Waals surface area contributed by atoms with Gasteiger partial charge in [-0.05, 0) is 64.1 Å². The Morgan fingerprint density at radius 3 is 2.55 bits per heavy atom. The van der Waals surface area contributed by atoms with Crippen LogP contribution in [0.15, 0.2) is 24.3 Å². The van der Waals surface area contributed by atoms with E-state index >= 15 is 0 Å². The third kappa shape index (κ3) is 6.05. The van der Waals surface area contributed by atoms with Crippen LogP contribution in [0.5, 0.6) is 0 Å². The number of halogens is 2. The smallest absolute Gasteiger partial charge is 0.273 e. The van der Waals surface area contributed by atoms with Crippen molar-refractivity contribution in [2.45, 2.75) is 107 Å². The Bertz CT molecular complexity index is 1050. The van der Waals surface area contributed by atoms with E-state index in [4.69, 9.17) is 0 Å². The van der Waals surface area contributed by atoms with Crippen LogP contribution in [-0.4, -0.2) is 83.8 Å². The number of aliphatic hydroxyl groups is 1. The number of hydrogen-bond acceptors (Lipinski definition) is 6. The fraction of sp³-hybridized carbons (Fsp3) is 0.733. The monoisotopic (exact) mass is 561 g/mol. The number of nitrogens with one attached hydrogen (secondary N) is 3. The highest BCUT2D eigenvalue weighted by Gasteiger charge is 2.46. The molecule has 2 aliphatic carbocycles. The molecule has 10 heteroatoms. The Morgan fingerprint density at radius 2 is 1.80 bits per heavy atom. The fourth-order valence-electron chi connectivity index (χ4n) is 7.24. The van der Waals surface area contributed by atoms with Crippen molar-refractivity contribution in [2.75, 3.05) is 26.7 Å². The average molecular weight is 562 g/mol. The van der Waals surface area contributed by atoms with Gasteiger partial charge in [0, 0.05) is 37.2 Å². The second-order valence-corrected chi connectivity index (χ2v) is 12.2. The number of alkyl halides is 2. The number of piperazine rings is 1. The van der Waals surface area contributed by atoms with Crippen LogP contribution in [-0.2, 0) is 15.5 Å². The van der Waals surface area contributed by atoms with Gasteiger partial charge in [-0.3, -0.25) is 19.8 Å². The van der Waals surface area contributed by atoms with Gasteiger partial charge in [0.15, 0.2) is 0 Å². The van der Waals surface area contributed by atoms with Gasteiger partial charge in [0.05, 0.1) is 12.1 Å². The van der Waals surface area contributed by atoms with Gasteiger partial charge in [-0.2, -0.15) is 0 Å². The lowest BCUT2D eigenvalue weighted by molar-refractivity contribution is -0.148. The van der Waals surface area contributed by atoms with Gasteiger partial charge >= 0.3 is 0 Å². The van der Waals surface area contributed by atoms with Crippen molar-refractivity contribution < 1.29 is 23.5 Å². The van der Waals surface area contributed by atoms with Gasteiger partial charge in [0.1, 0.15) is 12.3 Å². The summed E-state index contributed by atoms with van der Waals surface area (Å²) in [6.07, 6.45) is 5.77. The Balaban J connectivity index is 1.39. The summed E-state index contributed by atoms with van der Waals surface area (Å²) in [5, 5.41) is 20.9. The number of hydrogen-bond donors (Lipinski definition) is 4. The van der Waals surface area contributed by atoms with Gasteiger partial charge in [-0.25, -0.2) is 8.78 Å². The lowest BCUT2D eigenvalue weighted by Crippen LogP contribution is -2.67. The molecule has 40 heavy (non-hydrogen) atoms. The van der Waals surface area contributed by atoms with Crippen LogP contribution in [0.4, 0.5) is 8.78 Å². The molecule has 0 spiro atoms. The Labute approximate surface area is 236 Å². The van der Waals surface area contributed by atoms with E-state index < -0.39 is 36.3 Å². The maximum atomic E-state index is 14.6. The van der Waals surface area contributed by atoms with E-state index in [-0.39, 0.29) is 42.2 Å². The van der Waals surface area contributed by atoms with E-state index in [9.17, 15) is 23.5 Å². The van der Waals surface area contributed by atoms with Crippen molar-refractivity contribution in [3.05, 3.63) is 35.4 Å². The van der Waals surface area contributed by atoms with Crippen LogP contribution >= 0.6 is 0 Å². The van der Waals surface area contributed by atoms with Crippen molar-refractivity contribution in [3.63, 3.8) is 0 Å². The minimum absolute atomic E-state index is 0.000798. The van der Waals surface area contributed by atoms with E-state index in [0.29, 0.717) is 18.7 Å². The summed E-state index contributed by atoms with van der Waals surface area (Å²) in [6.45, 7) is 3.68. The van der Waals surface area contributed by atoms with Gasteiger partial charge in [0.2, 0.25) is 11.8 Å². The van der Waals surface area contributed by atoms with Crippen LogP contribution in [0, 0.1) is 5.92 Å². The van der Waals surface area contributed by atoms with E-state index in [0.717, 1.165) is 51.5 Å². The summed E-state index contributed by atoms with van der Waals surface area (Å²) >= 11 is 0. The van der Waals surface area contributed by atoms with E-state index in [1.165, 1.54) is 6.07 Å². The molecule has 2 amide bonds. The van der Waals surface area contributed by atoms with Crippen molar-refractivity contribution >= 4 is 11.8 Å². The number of benzene rings is 1. The molecule has 8 nitrogen and oxygen atoms in total. The molecule has 2 heterocycles. The second kappa shape index (κ2) is 12.4. The SMILES string of the molecule is CN[C@@H](C)C(=O)N[C@H](C(=O)N1C[C@H]2CCCN2C[C@H]1[C@H](O)N[C@@H]1CCC(F)(F)c2ccccc21)C1CCCCC1. The molecule has 1 saturated carbocycles. The molecule has 4 N–H and O–H groups in total. The van der Waals surface area contributed by atoms with Crippen molar-refractivity contribution in [1.29, 1.82) is 0 Å². The number of likely N-dealkylation sites (N-methyl/N-ethyl adjacent to an activating group) is 1. The number of carbonyl (C=O) groups excluding carboxylic acids is 2. The molecule has 0 aromatic heterocycles. The minimum atomic E-state index is -2.90. The van der Waals surface area contributed by atoms with E-state index in [2.05, 4.69) is 20.9 Å². The predicted octanol–water partition coefficient (Wildman–Crippen LogP) is 2.87. The number of nitrogens with zero attached hydrogens (tertiary/aromatic N) is 2. The van der Waals surface area contributed by atoms with Crippen LogP contribution in [0.2, 0.25) is 0 Å². The Hall–Kier alpha value is -2.14. The molecule has 0 bridgehead atoms. The summed E-state index contributed by atoms with van der Waals surface area (Å²) in [5.74, 6) is -3.20. The summed E-state index contributed by atoms with van der Waals surface area (Å²) in [4.78, 5) is 31.4. The first-order chi connectivity index (χ1) is 19.2. The van der Waals surface area contributed by atoms with Gasteiger partial charge in [-0.1, -0.05) is 43.5 Å². The molecule has 2 aliphatic heterocycles. The molecule has 0 unspecified atom stereocenters. The first-order valence-corrected chi connectivity index (χ1v) is 15.1. The van der Waals surface area contributed by atoms with Gasteiger partial charge < -0.3 is 20.6 Å². The lowest BCUT2D eigenvalue weighted by Gasteiger charge is -2.48. The van der Waals surface area contributed by atoms with Crippen LogP contribution in [0.3, 0.4) is 0 Å². The first-order valence-electron chi connectivity index (χ1n) is 15.1. The van der Waals surface area contributed by atoms with Crippen molar-refractivity contribution in [2.24, 2.45) is 5.92 Å². The van der Waals surface area contributed by atoms with Crippen molar-refractivity contribution in [1.82, 2.24) is 25.8 Å². The number of rotatable bonds is 8. The summed E-state index contributed by atoms with van der Waals surface area (Å²) in [5.41, 5.74) is 0.500. The zero-order valence-corrected chi connectivity index (χ0v) is 23.8. The molecule has 222 valence electrons. The highest BCUT2D eigenvalue weighted by atomic mass is 19.3. The molecular weight excluding hydrogens is 516 g/mol. The first kappa shape index (κ1) is 29.4. The molecule has 6 atom stereocenters. The zero-order valence-electron chi connectivity index (χ0n) is 23.8. The fourth-order valence-corrected chi connectivity index (χ4v) is 7.24. The van der Waals surface area contributed by atoms with Crippen LogP contribution in [0.1, 0.15) is 81.9 Å². The number of amides is 2. The maximum Gasteiger partial charge on any atom is 0.273 e. The van der Waals surface area contributed by atoms with Gasteiger partial charge in [-0.15, -0.1) is 0 Å². The summed E-state index contributed by atoms with van der Waals surface area (Å²) in [7, 11) is 1.72. The molecule has 1 aromatic rings. The largest absolute Gasteiger partial charge is 0.376 e. The summed E-state index contributed by atoms with van der Waals surface area (Å²) < 4.78 is 29.3. The molecule has 2 saturated heterocycles. The highest BCUT2D eigenvalue weighted by molar-refractivity contribution is 5.90. The van der Waals surface area contributed by atoms with Crippen LogP contribution < -0.4 is 16.0 Å². The lowest BCUT2D eigenvalue weighted by atomic mass is 9.82. The molecule has 3 fully saturated rings. The van der Waals surface area contributed by atoms with E-state index in [1.54, 1.807) is 37.1 Å². The predicted molar refractivity (Wildman–Crippen MR) is 149 cm³/mol. The highest BCUT2D eigenvalue weighted by Crippen LogP contribution is 2.44. The average Bonchev–Trinajstić information content (AvgIpc) is 3.44. The van der Waals surface area contributed by atoms with Crippen molar-refractivity contribution in [3.8, 4) is 0 Å². The molecule has 1 aromatic carbocycles. The molecule has 5 rings (SSSR count). The molecule has 0 radical (unpaired) electrons. The number of aliphatic hydroxyl groups excluding tert-OH is 1. The third-order valence-corrected chi connectivity index (χ3v) is 9.74.